The quantitative estimate of drug-likeness (QED) is 0.755. The molecule has 0 aliphatic rings. The second-order valence-electron chi connectivity index (χ2n) is 6.20. The minimum Gasteiger partial charge on any atom is -0.436 e. The molecule has 0 radical (unpaired) electrons. The highest BCUT2D eigenvalue weighted by Crippen LogP contribution is 2.25. The van der Waals surface area contributed by atoms with E-state index < -0.39 is 5.82 Å². The fraction of sp³-hybridized carbons (Fsp3) is 0.353. The maximum Gasteiger partial charge on any atom is 0.219 e. The minimum atomic E-state index is -0.524. The fourth-order valence-electron chi connectivity index (χ4n) is 1.73. The largest absolute Gasteiger partial charge is 0.436 e. The Kier molecular flexibility index (Phi) is 5.37. The Labute approximate surface area is 135 Å². The molecule has 1 heterocycles. The number of rotatable bonds is 5. The molecule has 0 aliphatic heterocycles. The van der Waals surface area contributed by atoms with Crippen LogP contribution in [0.25, 0.3) is 0 Å². The van der Waals surface area contributed by atoms with Crippen LogP contribution in [0.1, 0.15) is 26.5 Å². The number of hydrogen-bond acceptors (Lipinski definition) is 3. The van der Waals surface area contributed by atoms with Gasteiger partial charge in [-0.1, -0.05) is 38.4 Å². The first kappa shape index (κ1) is 16.7. The summed E-state index contributed by atoms with van der Waals surface area (Å²) < 4.78 is 24.8. The molecule has 0 N–H and O–H groups in total. The smallest absolute Gasteiger partial charge is 0.219 e. The van der Waals surface area contributed by atoms with Crippen LogP contribution in [-0.2, 0) is 11.3 Å². The topological polar surface area (TPSA) is 31.4 Å². The van der Waals surface area contributed by atoms with Crippen molar-refractivity contribution in [1.82, 2.24) is 4.98 Å². The van der Waals surface area contributed by atoms with E-state index in [1.54, 1.807) is 18.2 Å². The summed E-state index contributed by atoms with van der Waals surface area (Å²) in [6.45, 7) is 7.32. The Morgan fingerprint density at radius 3 is 2.64 bits per heavy atom. The zero-order valence-electron chi connectivity index (χ0n) is 12.9. The van der Waals surface area contributed by atoms with Crippen LogP contribution in [0.3, 0.4) is 0 Å². The molecule has 0 saturated carbocycles. The average molecular weight is 324 g/mol. The van der Waals surface area contributed by atoms with Crippen LogP contribution in [0, 0.1) is 11.2 Å². The lowest BCUT2D eigenvalue weighted by atomic mass is 9.99. The second-order valence-corrected chi connectivity index (χ2v) is 6.63. The Balaban J connectivity index is 2.02. The summed E-state index contributed by atoms with van der Waals surface area (Å²) in [5.74, 6) is -0.119. The van der Waals surface area contributed by atoms with Crippen LogP contribution < -0.4 is 4.74 Å². The van der Waals surface area contributed by atoms with Gasteiger partial charge in [-0.25, -0.2) is 9.37 Å². The Morgan fingerprint density at radius 1 is 1.18 bits per heavy atom. The van der Waals surface area contributed by atoms with Crippen LogP contribution >= 0.6 is 11.6 Å². The number of halogens is 2. The molecular formula is C17H19ClFNO2. The lowest BCUT2D eigenvalue weighted by Gasteiger charge is -2.17. The highest BCUT2D eigenvalue weighted by molar-refractivity contribution is 6.30. The van der Waals surface area contributed by atoms with Crippen LogP contribution in [0.5, 0.6) is 11.6 Å². The molecule has 0 aliphatic carbocycles. The molecule has 0 saturated heterocycles. The molecule has 0 fully saturated rings. The summed E-state index contributed by atoms with van der Waals surface area (Å²) in [7, 11) is 0. The monoisotopic (exact) mass is 323 g/mol. The van der Waals surface area contributed by atoms with Crippen molar-refractivity contribution in [2.45, 2.75) is 27.4 Å². The molecule has 0 unspecified atom stereocenters. The van der Waals surface area contributed by atoms with Gasteiger partial charge in [0, 0.05) is 11.1 Å². The van der Waals surface area contributed by atoms with Gasteiger partial charge >= 0.3 is 0 Å². The number of nitrogens with zero attached hydrogens (tertiary/aromatic N) is 1. The molecule has 0 atom stereocenters. The standard InChI is InChI=1S/C17H19ClFNO2/c1-17(2,3)11-21-10-13-5-4-6-16(20-13)22-15-8-7-12(18)9-14(15)19/h4-9H,10-11H2,1-3H3. The predicted octanol–water partition coefficient (Wildman–Crippen LogP) is 5.23. The van der Waals surface area contributed by atoms with Crippen molar-refractivity contribution in [3.63, 3.8) is 0 Å². The molecule has 5 heteroatoms. The van der Waals surface area contributed by atoms with Gasteiger partial charge in [-0.15, -0.1) is 0 Å². The van der Waals surface area contributed by atoms with Crippen molar-refractivity contribution in [2.24, 2.45) is 5.41 Å². The Morgan fingerprint density at radius 2 is 1.95 bits per heavy atom. The average Bonchev–Trinajstić information content (AvgIpc) is 2.41. The number of benzene rings is 1. The highest BCUT2D eigenvalue weighted by Gasteiger charge is 2.11. The van der Waals surface area contributed by atoms with Crippen LogP contribution in [0.15, 0.2) is 36.4 Å². The van der Waals surface area contributed by atoms with Gasteiger partial charge in [-0.3, -0.25) is 0 Å². The van der Waals surface area contributed by atoms with Crippen molar-refractivity contribution in [1.29, 1.82) is 0 Å². The third-order valence-electron chi connectivity index (χ3n) is 2.67. The van der Waals surface area contributed by atoms with Gasteiger partial charge in [0.1, 0.15) is 0 Å². The molecule has 0 bridgehead atoms. The zero-order valence-corrected chi connectivity index (χ0v) is 13.7. The molecule has 0 spiro atoms. The Bertz CT molecular complexity index is 641. The molecule has 2 rings (SSSR count). The van der Waals surface area contributed by atoms with Gasteiger partial charge in [-0.2, -0.15) is 0 Å². The number of pyridine rings is 1. The summed E-state index contributed by atoms with van der Waals surface area (Å²) in [6, 6.07) is 9.55. The maximum absolute atomic E-state index is 13.7. The summed E-state index contributed by atoms with van der Waals surface area (Å²) in [6.07, 6.45) is 0. The van der Waals surface area contributed by atoms with E-state index in [1.165, 1.54) is 12.1 Å². The molecule has 0 amide bonds. The number of aromatic nitrogens is 1. The van der Waals surface area contributed by atoms with Crippen molar-refractivity contribution < 1.29 is 13.9 Å². The minimum absolute atomic E-state index is 0.0876. The fourth-order valence-corrected chi connectivity index (χ4v) is 1.89. The first-order valence-electron chi connectivity index (χ1n) is 7.00. The van der Waals surface area contributed by atoms with Crippen LogP contribution in [0.2, 0.25) is 5.02 Å². The number of ether oxygens (including phenoxy) is 2. The van der Waals surface area contributed by atoms with Gasteiger partial charge in [0.2, 0.25) is 5.88 Å². The van der Waals surface area contributed by atoms with Gasteiger partial charge in [-0.05, 0) is 29.7 Å². The van der Waals surface area contributed by atoms with E-state index in [9.17, 15) is 4.39 Å². The van der Waals surface area contributed by atoms with E-state index in [-0.39, 0.29) is 11.2 Å². The lowest BCUT2D eigenvalue weighted by Crippen LogP contribution is -2.14. The van der Waals surface area contributed by atoms with Gasteiger partial charge in [0.25, 0.3) is 0 Å². The summed E-state index contributed by atoms with van der Waals surface area (Å²) in [5, 5.41) is 0.321. The molecule has 3 nitrogen and oxygen atoms in total. The van der Waals surface area contributed by atoms with Gasteiger partial charge in [0.05, 0.1) is 18.9 Å². The third kappa shape index (κ3) is 5.28. The Hall–Kier alpha value is -1.65. The second kappa shape index (κ2) is 7.07. The first-order chi connectivity index (χ1) is 10.3. The van der Waals surface area contributed by atoms with E-state index in [1.807, 2.05) is 6.07 Å². The molecule has 22 heavy (non-hydrogen) atoms. The number of hydrogen-bond donors (Lipinski definition) is 0. The van der Waals surface area contributed by atoms with E-state index in [2.05, 4.69) is 25.8 Å². The normalized spacial score (nSPS) is 11.5. The van der Waals surface area contributed by atoms with Gasteiger partial charge in [0.15, 0.2) is 11.6 Å². The lowest BCUT2D eigenvalue weighted by molar-refractivity contribution is 0.0579. The predicted molar refractivity (Wildman–Crippen MR) is 84.8 cm³/mol. The van der Waals surface area contributed by atoms with E-state index in [0.717, 1.165) is 5.69 Å². The molecular weight excluding hydrogens is 305 g/mol. The van der Waals surface area contributed by atoms with Gasteiger partial charge < -0.3 is 9.47 Å². The summed E-state index contributed by atoms with van der Waals surface area (Å²) in [4.78, 5) is 4.30. The third-order valence-corrected chi connectivity index (χ3v) is 2.91. The van der Waals surface area contributed by atoms with Crippen molar-refractivity contribution >= 4 is 11.6 Å². The molecule has 2 aromatic rings. The zero-order chi connectivity index (χ0) is 16.2. The summed E-state index contributed by atoms with van der Waals surface area (Å²) in [5.41, 5.74) is 0.830. The molecule has 118 valence electrons. The first-order valence-corrected chi connectivity index (χ1v) is 7.38. The van der Waals surface area contributed by atoms with Crippen LogP contribution in [0.4, 0.5) is 4.39 Å². The van der Waals surface area contributed by atoms with Crippen molar-refractivity contribution in [2.75, 3.05) is 6.61 Å². The SMILES string of the molecule is CC(C)(C)COCc1cccc(Oc2ccc(Cl)cc2F)n1. The maximum atomic E-state index is 13.7. The van der Waals surface area contributed by atoms with Crippen molar-refractivity contribution in [3.05, 3.63) is 52.9 Å². The summed E-state index contributed by atoms with van der Waals surface area (Å²) >= 11 is 5.71. The molecule has 1 aromatic heterocycles. The van der Waals surface area contributed by atoms with Crippen molar-refractivity contribution in [3.8, 4) is 11.6 Å². The molecule has 1 aromatic carbocycles. The van der Waals surface area contributed by atoms with E-state index in [0.29, 0.717) is 24.1 Å². The van der Waals surface area contributed by atoms with Crippen LogP contribution in [-0.4, -0.2) is 11.6 Å². The highest BCUT2D eigenvalue weighted by atomic mass is 35.5. The van der Waals surface area contributed by atoms with E-state index >= 15 is 0 Å². The van der Waals surface area contributed by atoms with E-state index in [4.69, 9.17) is 21.1 Å².